The molecule has 1 aromatic carbocycles. The van der Waals surface area contributed by atoms with Gasteiger partial charge in [0.05, 0.1) is 6.61 Å². The van der Waals surface area contributed by atoms with Crippen molar-refractivity contribution in [3.8, 4) is 0 Å². The van der Waals surface area contributed by atoms with Crippen LogP contribution < -0.4 is 4.90 Å². The van der Waals surface area contributed by atoms with Crippen molar-refractivity contribution >= 4 is 18.1 Å². The maximum absolute atomic E-state index is 5.45. The topological polar surface area (TPSA) is 34.2 Å². The zero-order valence-electron chi connectivity index (χ0n) is 13.4. The molecule has 6 heteroatoms. The van der Waals surface area contributed by atoms with Crippen molar-refractivity contribution in [3.63, 3.8) is 0 Å². The number of piperazine rings is 1. The van der Waals surface area contributed by atoms with Crippen molar-refractivity contribution in [3.05, 3.63) is 42.5 Å². The highest BCUT2D eigenvalue weighted by Crippen LogP contribution is 2.15. The van der Waals surface area contributed by atoms with Crippen LogP contribution in [0.1, 0.15) is 12.8 Å². The molecule has 0 atom stereocenters. The van der Waals surface area contributed by atoms with Crippen molar-refractivity contribution in [1.29, 1.82) is 0 Å². The number of anilines is 1. The van der Waals surface area contributed by atoms with Gasteiger partial charge in [-0.2, -0.15) is 0 Å². The van der Waals surface area contributed by atoms with Crippen LogP contribution >= 0.6 is 12.4 Å². The number of hydrogen-bond donors (Lipinski definition) is 0. The van der Waals surface area contributed by atoms with Gasteiger partial charge in [-0.3, -0.25) is 4.90 Å². The third-order valence-electron chi connectivity index (χ3n) is 4.06. The number of benzene rings is 1. The van der Waals surface area contributed by atoms with Gasteiger partial charge in [0, 0.05) is 31.9 Å². The van der Waals surface area contributed by atoms with Gasteiger partial charge in [0.2, 0.25) is 6.79 Å². The predicted molar refractivity (Wildman–Crippen MR) is 92.6 cm³/mol. The Hall–Kier alpha value is -1.59. The van der Waals surface area contributed by atoms with E-state index >= 15 is 0 Å². The molecule has 1 fully saturated rings. The molecular weight excluding hydrogens is 316 g/mol. The molecule has 0 bridgehead atoms. The van der Waals surface area contributed by atoms with E-state index in [1.54, 1.807) is 0 Å². The van der Waals surface area contributed by atoms with Crippen molar-refractivity contribution in [2.24, 2.45) is 0 Å². The number of para-hydroxylation sites is 1. The van der Waals surface area contributed by atoms with E-state index in [0.717, 1.165) is 45.6 Å². The molecule has 2 aliphatic heterocycles. The molecule has 0 unspecified atom stereocenters. The Morgan fingerprint density at radius 2 is 1.78 bits per heavy atom. The fourth-order valence-electron chi connectivity index (χ4n) is 2.78. The number of halogens is 1. The van der Waals surface area contributed by atoms with Gasteiger partial charge in [-0.25, -0.2) is 0 Å². The minimum atomic E-state index is 0. The molecule has 1 aromatic rings. The Morgan fingerprint density at radius 1 is 1.00 bits per heavy atom. The van der Waals surface area contributed by atoms with Crippen LogP contribution in [0.15, 0.2) is 42.5 Å². The van der Waals surface area contributed by atoms with Gasteiger partial charge in [-0.05, 0) is 31.5 Å². The zero-order chi connectivity index (χ0) is 15.0. The Bertz CT molecular complexity index is 476. The van der Waals surface area contributed by atoms with Crippen LogP contribution in [-0.4, -0.2) is 51.0 Å². The van der Waals surface area contributed by atoms with E-state index in [9.17, 15) is 0 Å². The average molecular weight is 341 g/mol. The first-order chi connectivity index (χ1) is 10.9. The molecule has 0 aromatic heterocycles. The third kappa shape index (κ3) is 5.52. The molecule has 23 heavy (non-hydrogen) atoms. The number of ether oxygens (including phenoxy) is 3. The molecule has 2 heterocycles. The van der Waals surface area contributed by atoms with Gasteiger partial charge in [-0.15, -0.1) is 12.4 Å². The number of unbranched alkanes of at least 4 members (excludes halogenated alkanes) is 1. The van der Waals surface area contributed by atoms with E-state index in [-0.39, 0.29) is 19.2 Å². The SMILES string of the molecule is C1=C(OCCCCN2CCN(c3ccccc3)CC2)OCO1.Cl. The first kappa shape index (κ1) is 17.8. The fourth-order valence-corrected chi connectivity index (χ4v) is 2.78. The maximum Gasteiger partial charge on any atom is 0.318 e. The standard InChI is InChI=1S/C17H24N2O3.ClH/c1-2-6-16(7-3-1)19-11-9-18(10-12-19)8-4-5-13-21-17-14-20-15-22-17;/h1-3,6-7,14H,4-5,8-13,15H2;1H. The zero-order valence-corrected chi connectivity index (χ0v) is 14.2. The summed E-state index contributed by atoms with van der Waals surface area (Å²) in [5, 5.41) is 0. The van der Waals surface area contributed by atoms with Crippen LogP contribution in [0.2, 0.25) is 0 Å². The summed E-state index contributed by atoms with van der Waals surface area (Å²) in [6.07, 6.45) is 3.72. The highest BCUT2D eigenvalue weighted by molar-refractivity contribution is 5.85. The molecule has 128 valence electrons. The molecule has 3 rings (SSSR count). The lowest BCUT2D eigenvalue weighted by molar-refractivity contribution is 0.00678. The summed E-state index contributed by atoms with van der Waals surface area (Å²) in [5.74, 6) is 0.511. The third-order valence-corrected chi connectivity index (χ3v) is 4.06. The van der Waals surface area contributed by atoms with Crippen LogP contribution in [-0.2, 0) is 14.2 Å². The number of nitrogens with zero attached hydrogens (tertiary/aromatic N) is 2. The van der Waals surface area contributed by atoms with E-state index in [4.69, 9.17) is 14.2 Å². The molecule has 0 amide bonds. The van der Waals surface area contributed by atoms with E-state index in [0.29, 0.717) is 12.6 Å². The normalized spacial score (nSPS) is 17.7. The largest absolute Gasteiger partial charge is 0.463 e. The lowest BCUT2D eigenvalue weighted by atomic mass is 10.2. The predicted octanol–water partition coefficient (Wildman–Crippen LogP) is 2.83. The minimum Gasteiger partial charge on any atom is -0.463 e. The van der Waals surface area contributed by atoms with Crippen LogP contribution in [0.4, 0.5) is 5.69 Å². The maximum atomic E-state index is 5.45. The van der Waals surface area contributed by atoms with E-state index < -0.39 is 0 Å². The second kappa shape index (κ2) is 9.53. The van der Waals surface area contributed by atoms with Gasteiger partial charge in [0.15, 0.2) is 6.26 Å². The van der Waals surface area contributed by atoms with E-state index in [1.807, 2.05) is 0 Å². The summed E-state index contributed by atoms with van der Waals surface area (Å²) in [6, 6.07) is 10.7. The van der Waals surface area contributed by atoms with Gasteiger partial charge in [0.1, 0.15) is 0 Å². The first-order valence-corrected chi connectivity index (χ1v) is 8.01. The summed E-state index contributed by atoms with van der Waals surface area (Å²) in [5.41, 5.74) is 1.34. The Labute approximate surface area is 144 Å². The Kier molecular flexibility index (Phi) is 7.36. The summed E-state index contributed by atoms with van der Waals surface area (Å²) in [6.45, 7) is 6.61. The van der Waals surface area contributed by atoms with Crippen molar-refractivity contribution in [2.75, 3.05) is 51.0 Å². The quantitative estimate of drug-likeness (QED) is 0.713. The van der Waals surface area contributed by atoms with Crippen molar-refractivity contribution < 1.29 is 14.2 Å². The highest BCUT2D eigenvalue weighted by atomic mass is 35.5. The summed E-state index contributed by atoms with van der Waals surface area (Å²) in [7, 11) is 0. The fraction of sp³-hybridized carbons (Fsp3) is 0.529. The smallest absolute Gasteiger partial charge is 0.318 e. The molecule has 0 N–H and O–H groups in total. The lowest BCUT2D eigenvalue weighted by Gasteiger charge is -2.36. The van der Waals surface area contributed by atoms with Crippen LogP contribution in [0.25, 0.3) is 0 Å². The molecule has 2 aliphatic rings. The summed E-state index contributed by atoms with van der Waals surface area (Å²) in [4.78, 5) is 5.00. The van der Waals surface area contributed by atoms with Crippen LogP contribution in [0, 0.1) is 0 Å². The Balaban J connectivity index is 0.00000192. The van der Waals surface area contributed by atoms with Gasteiger partial charge in [0.25, 0.3) is 0 Å². The van der Waals surface area contributed by atoms with Gasteiger partial charge in [-0.1, -0.05) is 18.2 Å². The molecule has 0 saturated carbocycles. The van der Waals surface area contributed by atoms with Crippen molar-refractivity contribution in [2.45, 2.75) is 12.8 Å². The highest BCUT2D eigenvalue weighted by Gasteiger charge is 2.16. The molecule has 0 radical (unpaired) electrons. The van der Waals surface area contributed by atoms with E-state index in [2.05, 4.69) is 40.1 Å². The molecule has 0 aliphatic carbocycles. The first-order valence-electron chi connectivity index (χ1n) is 8.01. The number of rotatable bonds is 7. The summed E-state index contributed by atoms with van der Waals surface area (Å²) < 4.78 is 15.5. The van der Waals surface area contributed by atoms with Gasteiger partial charge >= 0.3 is 5.95 Å². The molecule has 0 spiro atoms. The van der Waals surface area contributed by atoms with Crippen molar-refractivity contribution in [1.82, 2.24) is 4.90 Å². The van der Waals surface area contributed by atoms with Crippen LogP contribution in [0.5, 0.6) is 0 Å². The minimum absolute atomic E-state index is 0. The average Bonchev–Trinajstić information content (AvgIpc) is 3.09. The molecule has 5 nitrogen and oxygen atoms in total. The second-order valence-electron chi connectivity index (χ2n) is 5.59. The lowest BCUT2D eigenvalue weighted by Crippen LogP contribution is -2.46. The van der Waals surface area contributed by atoms with Crippen LogP contribution in [0.3, 0.4) is 0 Å². The summed E-state index contributed by atoms with van der Waals surface area (Å²) >= 11 is 0. The monoisotopic (exact) mass is 340 g/mol. The molecule has 1 saturated heterocycles. The van der Waals surface area contributed by atoms with E-state index in [1.165, 1.54) is 11.9 Å². The second-order valence-corrected chi connectivity index (χ2v) is 5.59. The number of hydrogen-bond acceptors (Lipinski definition) is 5. The molecular formula is C17H25ClN2O3. The van der Waals surface area contributed by atoms with Gasteiger partial charge < -0.3 is 19.1 Å². The Morgan fingerprint density at radius 3 is 2.48 bits per heavy atom.